The van der Waals surface area contributed by atoms with Crippen LogP contribution in [0.1, 0.15) is 44.6 Å². The third-order valence-corrected chi connectivity index (χ3v) is 3.51. The minimum atomic E-state index is 0.00163. The van der Waals surface area contributed by atoms with Gasteiger partial charge >= 0.3 is 0 Å². The van der Waals surface area contributed by atoms with Crippen molar-refractivity contribution < 1.29 is 4.79 Å². The molecule has 1 aromatic carbocycles. The molecule has 1 amide bonds. The number of para-hydroxylation sites is 1. The van der Waals surface area contributed by atoms with Crippen LogP contribution in [0.2, 0.25) is 0 Å². The zero-order valence-corrected chi connectivity index (χ0v) is 11.2. The van der Waals surface area contributed by atoms with Crippen LogP contribution in [-0.2, 0) is 4.79 Å². The van der Waals surface area contributed by atoms with Crippen LogP contribution in [0.4, 0.5) is 5.69 Å². The predicted octanol–water partition coefficient (Wildman–Crippen LogP) is 2.89. The van der Waals surface area contributed by atoms with Crippen LogP contribution >= 0.6 is 0 Å². The number of amides is 1. The van der Waals surface area contributed by atoms with E-state index in [-0.39, 0.29) is 17.9 Å². The number of carbonyl (C=O) groups excluding carboxylic acids is 1. The molecule has 0 radical (unpaired) electrons. The van der Waals surface area contributed by atoms with E-state index in [9.17, 15) is 4.79 Å². The first-order valence-corrected chi connectivity index (χ1v) is 6.85. The molecule has 18 heavy (non-hydrogen) atoms. The van der Waals surface area contributed by atoms with Crippen molar-refractivity contribution in [1.82, 2.24) is 5.32 Å². The van der Waals surface area contributed by atoms with E-state index in [0.29, 0.717) is 0 Å². The highest BCUT2D eigenvalue weighted by molar-refractivity contribution is 5.86. The van der Waals surface area contributed by atoms with Crippen LogP contribution in [0.15, 0.2) is 24.3 Å². The molecule has 1 heterocycles. The van der Waals surface area contributed by atoms with Crippen LogP contribution < -0.4 is 10.6 Å². The second kappa shape index (κ2) is 5.89. The normalized spacial score (nSPS) is 19.6. The van der Waals surface area contributed by atoms with Gasteiger partial charge in [0.2, 0.25) is 5.91 Å². The van der Waals surface area contributed by atoms with Crippen molar-refractivity contribution in [1.29, 1.82) is 0 Å². The number of hydrogen-bond acceptors (Lipinski definition) is 2. The average Bonchev–Trinajstić information content (AvgIpc) is 2.38. The summed E-state index contributed by atoms with van der Waals surface area (Å²) < 4.78 is 0. The summed E-state index contributed by atoms with van der Waals surface area (Å²) in [5.74, 6) is 0.173. The molecule has 2 unspecified atom stereocenters. The average molecular weight is 246 g/mol. The van der Waals surface area contributed by atoms with Crippen molar-refractivity contribution in [3.63, 3.8) is 0 Å². The quantitative estimate of drug-likeness (QED) is 0.857. The molecule has 0 saturated carbocycles. The molecule has 2 rings (SSSR count). The van der Waals surface area contributed by atoms with Gasteiger partial charge in [0.25, 0.3) is 0 Å². The van der Waals surface area contributed by atoms with E-state index in [1.807, 2.05) is 18.2 Å². The van der Waals surface area contributed by atoms with Gasteiger partial charge in [-0.25, -0.2) is 0 Å². The van der Waals surface area contributed by atoms with Gasteiger partial charge in [-0.05, 0) is 31.4 Å². The number of rotatable bonds is 4. The number of fused-ring (bicyclic) bond motifs is 1. The molecular formula is C15H22N2O. The Hall–Kier alpha value is -1.51. The van der Waals surface area contributed by atoms with Crippen molar-refractivity contribution in [2.24, 2.45) is 0 Å². The molecule has 0 aromatic heterocycles. The van der Waals surface area contributed by atoms with Gasteiger partial charge in [-0.2, -0.15) is 0 Å². The largest absolute Gasteiger partial charge is 0.385 e. The number of carbonyl (C=O) groups is 1. The molecule has 3 nitrogen and oxygen atoms in total. The van der Waals surface area contributed by atoms with E-state index < -0.39 is 0 Å². The third-order valence-electron chi connectivity index (χ3n) is 3.51. The molecule has 1 aromatic rings. The highest BCUT2D eigenvalue weighted by atomic mass is 16.1. The predicted molar refractivity (Wildman–Crippen MR) is 74.8 cm³/mol. The lowest BCUT2D eigenvalue weighted by Crippen LogP contribution is -2.38. The van der Waals surface area contributed by atoms with Crippen molar-refractivity contribution >= 4 is 11.6 Å². The molecule has 0 fully saturated rings. The minimum absolute atomic E-state index is 0.00163. The smallest absolute Gasteiger partial charge is 0.227 e. The molecule has 0 aliphatic carbocycles. The van der Waals surface area contributed by atoms with Gasteiger partial charge in [0.05, 0.1) is 5.92 Å². The Labute approximate surface area is 109 Å². The number of benzene rings is 1. The fraction of sp³-hybridized carbons (Fsp3) is 0.533. The number of hydrogen-bond donors (Lipinski definition) is 2. The first-order valence-electron chi connectivity index (χ1n) is 6.85. The monoisotopic (exact) mass is 246 g/mol. The first-order chi connectivity index (χ1) is 8.72. The highest BCUT2D eigenvalue weighted by Gasteiger charge is 2.26. The standard InChI is InChI=1S/C15H22N2O/c1-3-6-11(2)17-15(18)13-9-10-16-14-8-5-4-7-12(13)14/h4-5,7-8,11,13,16H,3,6,9-10H2,1-2H3,(H,17,18). The Bertz CT molecular complexity index is 417. The van der Waals surface area contributed by atoms with E-state index in [0.717, 1.165) is 37.1 Å². The molecule has 0 bridgehead atoms. The van der Waals surface area contributed by atoms with E-state index in [1.54, 1.807) is 0 Å². The van der Waals surface area contributed by atoms with E-state index >= 15 is 0 Å². The second-order valence-corrected chi connectivity index (χ2v) is 5.05. The van der Waals surface area contributed by atoms with Crippen molar-refractivity contribution in [2.75, 3.05) is 11.9 Å². The molecule has 3 heteroatoms. The van der Waals surface area contributed by atoms with Gasteiger partial charge in [-0.1, -0.05) is 31.5 Å². The maximum Gasteiger partial charge on any atom is 0.227 e. The zero-order chi connectivity index (χ0) is 13.0. The van der Waals surface area contributed by atoms with Gasteiger partial charge in [0, 0.05) is 18.3 Å². The molecule has 1 aliphatic rings. The van der Waals surface area contributed by atoms with Crippen molar-refractivity contribution in [3.05, 3.63) is 29.8 Å². The fourth-order valence-corrected chi connectivity index (χ4v) is 2.59. The van der Waals surface area contributed by atoms with Gasteiger partial charge < -0.3 is 10.6 Å². The molecule has 0 spiro atoms. The highest BCUT2D eigenvalue weighted by Crippen LogP contribution is 2.31. The van der Waals surface area contributed by atoms with Gasteiger partial charge in [-0.15, -0.1) is 0 Å². The van der Waals surface area contributed by atoms with Crippen molar-refractivity contribution in [2.45, 2.75) is 45.1 Å². The van der Waals surface area contributed by atoms with Crippen molar-refractivity contribution in [3.8, 4) is 0 Å². The van der Waals surface area contributed by atoms with Gasteiger partial charge in [0.15, 0.2) is 0 Å². The minimum Gasteiger partial charge on any atom is -0.385 e. The second-order valence-electron chi connectivity index (χ2n) is 5.05. The van der Waals surface area contributed by atoms with E-state index in [4.69, 9.17) is 0 Å². The summed E-state index contributed by atoms with van der Waals surface area (Å²) in [6, 6.07) is 8.37. The summed E-state index contributed by atoms with van der Waals surface area (Å²) in [5, 5.41) is 6.47. The lowest BCUT2D eigenvalue weighted by molar-refractivity contribution is -0.123. The summed E-state index contributed by atoms with van der Waals surface area (Å²) in [6.07, 6.45) is 3.02. The number of nitrogens with one attached hydrogen (secondary N) is 2. The summed E-state index contributed by atoms with van der Waals surface area (Å²) in [7, 11) is 0. The maximum atomic E-state index is 12.3. The lowest BCUT2D eigenvalue weighted by atomic mass is 9.90. The maximum absolute atomic E-state index is 12.3. The number of anilines is 1. The van der Waals surface area contributed by atoms with Crippen LogP contribution in [0.3, 0.4) is 0 Å². The van der Waals surface area contributed by atoms with Crippen LogP contribution in [0.5, 0.6) is 0 Å². The van der Waals surface area contributed by atoms with Gasteiger partial charge in [0.1, 0.15) is 0 Å². The molecule has 1 aliphatic heterocycles. The van der Waals surface area contributed by atoms with E-state index in [1.165, 1.54) is 0 Å². The molecule has 2 N–H and O–H groups in total. The Kier molecular flexibility index (Phi) is 4.24. The summed E-state index contributed by atoms with van der Waals surface area (Å²) >= 11 is 0. The molecular weight excluding hydrogens is 224 g/mol. The summed E-state index contributed by atoms with van der Waals surface area (Å²) in [6.45, 7) is 5.09. The molecule has 98 valence electrons. The summed E-state index contributed by atoms with van der Waals surface area (Å²) in [4.78, 5) is 12.3. The third kappa shape index (κ3) is 2.84. The topological polar surface area (TPSA) is 41.1 Å². The fourth-order valence-electron chi connectivity index (χ4n) is 2.59. The van der Waals surface area contributed by atoms with Crippen LogP contribution in [-0.4, -0.2) is 18.5 Å². The van der Waals surface area contributed by atoms with Crippen LogP contribution in [0, 0.1) is 0 Å². The Morgan fingerprint density at radius 3 is 3.06 bits per heavy atom. The van der Waals surface area contributed by atoms with E-state index in [2.05, 4.69) is 30.5 Å². The summed E-state index contributed by atoms with van der Waals surface area (Å²) in [5.41, 5.74) is 2.23. The first kappa shape index (κ1) is 12.9. The Morgan fingerprint density at radius 1 is 1.50 bits per heavy atom. The SMILES string of the molecule is CCCC(C)NC(=O)C1CCNc2ccccc21. The Balaban J connectivity index is 2.08. The van der Waals surface area contributed by atoms with Gasteiger partial charge in [-0.3, -0.25) is 4.79 Å². The zero-order valence-electron chi connectivity index (χ0n) is 11.2. The Morgan fingerprint density at radius 2 is 2.28 bits per heavy atom. The lowest BCUT2D eigenvalue weighted by Gasteiger charge is -2.27. The molecule has 2 atom stereocenters. The van der Waals surface area contributed by atoms with Crippen LogP contribution in [0.25, 0.3) is 0 Å². The molecule has 0 saturated heterocycles.